The third kappa shape index (κ3) is 1.56. The first kappa shape index (κ1) is 10.1. The molecule has 1 rings (SSSR count). The molecule has 1 heterocycles. The van der Waals surface area contributed by atoms with Crippen LogP contribution in [0.25, 0.3) is 21.3 Å². The summed E-state index contributed by atoms with van der Waals surface area (Å²) in [6.07, 6.45) is 0. The van der Waals surface area contributed by atoms with Crippen LogP contribution in [0.1, 0.15) is 11.1 Å². The fraction of sp³-hybridized carbons (Fsp3) is 0. The Morgan fingerprint density at radius 2 is 1.87 bits per heavy atom. The minimum Gasteiger partial charge on any atom is -0.717 e. The van der Waals surface area contributed by atoms with Crippen LogP contribution in [-0.4, -0.2) is 4.98 Å². The number of hydrogen-bond acceptors (Lipinski definition) is 4. The van der Waals surface area contributed by atoms with Crippen LogP contribution in [0, 0.1) is 22.7 Å². The van der Waals surface area contributed by atoms with Crippen molar-refractivity contribution in [2.45, 2.75) is 0 Å². The van der Waals surface area contributed by atoms with Crippen LogP contribution in [0.2, 0.25) is 0 Å². The van der Waals surface area contributed by atoms with E-state index in [0.717, 1.165) is 0 Å². The predicted molar refractivity (Wildman–Crippen MR) is 46.6 cm³/mol. The van der Waals surface area contributed by atoms with E-state index in [2.05, 4.69) is 15.0 Å². The Kier molecular flexibility index (Phi) is 2.59. The molecule has 0 spiro atoms. The maximum Gasteiger partial charge on any atom is 0.305 e. The fourth-order valence-electron chi connectivity index (χ4n) is 0.870. The highest BCUT2D eigenvalue weighted by Gasteiger charge is 2.21. The van der Waals surface area contributed by atoms with Gasteiger partial charge in [-0.3, -0.25) is 0 Å². The van der Waals surface area contributed by atoms with Gasteiger partial charge in [0.15, 0.2) is 0 Å². The molecule has 0 radical (unpaired) electrons. The lowest BCUT2D eigenvalue weighted by Gasteiger charge is -1.90. The monoisotopic (exact) mass is 196 g/mol. The van der Waals surface area contributed by atoms with Crippen molar-refractivity contribution in [2.24, 2.45) is 5.11 Å². The summed E-state index contributed by atoms with van der Waals surface area (Å²) in [7, 11) is 0. The van der Waals surface area contributed by atoms with Crippen molar-refractivity contribution in [1.29, 1.82) is 10.5 Å². The van der Waals surface area contributed by atoms with E-state index in [1.54, 1.807) is 0 Å². The molecular weight excluding hydrogens is 196 g/mol. The Hall–Kier alpha value is -2.96. The Morgan fingerprint density at radius 1 is 1.27 bits per heavy atom. The van der Waals surface area contributed by atoms with Gasteiger partial charge in [-0.15, -0.1) is 10.5 Å². The van der Waals surface area contributed by atoms with Crippen LogP contribution >= 0.6 is 0 Å². The van der Waals surface area contributed by atoms with Crippen molar-refractivity contribution in [2.75, 3.05) is 0 Å². The summed E-state index contributed by atoms with van der Waals surface area (Å²) >= 11 is 0. The Balaban J connectivity index is 3.87. The van der Waals surface area contributed by atoms with Crippen molar-refractivity contribution >= 4 is 5.82 Å². The van der Waals surface area contributed by atoms with Gasteiger partial charge in [0.1, 0.15) is 5.49 Å². The predicted octanol–water partition coefficient (Wildman–Crippen LogP) is 0.145. The van der Waals surface area contributed by atoms with E-state index in [4.69, 9.17) is 21.5 Å². The molecule has 0 saturated carbocycles. The number of rotatable bonds is 1. The summed E-state index contributed by atoms with van der Waals surface area (Å²) in [4.78, 5) is 5.65. The van der Waals surface area contributed by atoms with Crippen LogP contribution < -0.4 is 10.8 Å². The number of nitriles is 2. The standard InChI is InChI=1S/C7N8/c8-1-3-5(10)4(2-9)7(14-15-12)13-6(3)11. The molecule has 0 aliphatic carbocycles. The van der Waals surface area contributed by atoms with Crippen molar-refractivity contribution in [1.82, 2.24) is 4.98 Å². The zero-order valence-electron chi connectivity index (χ0n) is 7.08. The first-order valence-electron chi connectivity index (χ1n) is 3.47. The molecule has 0 saturated heterocycles. The Labute approximate surface area is 82.7 Å². The van der Waals surface area contributed by atoms with Crippen molar-refractivity contribution in [3.63, 3.8) is 0 Å². The number of hydrogen-bond donors (Lipinski definition) is 0. The molecule has 0 N–H and O–H groups in total. The van der Waals surface area contributed by atoms with Gasteiger partial charge in [-0.25, -0.2) is 0 Å². The van der Waals surface area contributed by atoms with Gasteiger partial charge in [-0.2, -0.15) is 0 Å². The van der Waals surface area contributed by atoms with E-state index in [9.17, 15) is 5.41 Å². The molecule has 8 heteroatoms. The highest BCUT2D eigenvalue weighted by molar-refractivity contribution is 5.50. The highest BCUT2D eigenvalue weighted by Crippen LogP contribution is 2.08. The molecule has 0 fully saturated rings. The second kappa shape index (κ2) is 3.83. The number of nitrogens with zero attached hydrogens (tertiary/aromatic N) is 8. The van der Waals surface area contributed by atoms with Gasteiger partial charge in [0.2, 0.25) is 11.2 Å². The summed E-state index contributed by atoms with van der Waals surface area (Å²) in [5, 5.41) is 37.8. The summed E-state index contributed by atoms with van der Waals surface area (Å²) in [5.41, 5.74) is 6.34. The smallest absolute Gasteiger partial charge is 0.305 e. The van der Waals surface area contributed by atoms with E-state index in [0.29, 0.717) is 0 Å². The van der Waals surface area contributed by atoms with Gasteiger partial charge in [-0.1, -0.05) is 0 Å². The van der Waals surface area contributed by atoms with Gasteiger partial charge in [0, 0.05) is 4.91 Å². The first-order valence-corrected chi connectivity index (χ1v) is 3.47. The number of azide groups is 1. The Bertz CT molecular complexity index is 640. The largest absolute Gasteiger partial charge is 0.717 e. The number of pyridine rings is 1. The normalized spacial score (nSPS) is 8.40. The van der Waals surface area contributed by atoms with E-state index >= 15 is 0 Å². The molecule has 0 aromatic carbocycles. The van der Waals surface area contributed by atoms with E-state index in [1.165, 1.54) is 12.1 Å². The molecule has 1 aromatic rings. The molecule has 0 bridgehead atoms. The zero-order chi connectivity index (χ0) is 11.4. The van der Waals surface area contributed by atoms with Gasteiger partial charge in [0.05, 0.1) is 0 Å². The Morgan fingerprint density at radius 3 is 2.33 bits per heavy atom. The maximum absolute atomic E-state index is 9.35. The van der Waals surface area contributed by atoms with Crippen molar-refractivity contribution in [3.05, 3.63) is 43.2 Å². The van der Waals surface area contributed by atoms with Crippen LogP contribution in [0.4, 0.5) is 5.82 Å². The van der Waals surface area contributed by atoms with Gasteiger partial charge in [0.25, 0.3) is 11.1 Å². The second-order valence-corrected chi connectivity index (χ2v) is 2.27. The van der Waals surface area contributed by atoms with E-state index in [1.807, 2.05) is 0 Å². The minimum absolute atomic E-state index is 0.456. The lowest BCUT2D eigenvalue weighted by Crippen LogP contribution is -2.23. The minimum atomic E-state index is -0.795. The van der Waals surface area contributed by atoms with E-state index in [-0.39, 0.29) is 0 Å². The molecule has 0 atom stereocenters. The molecule has 8 nitrogen and oxygen atoms in total. The van der Waals surface area contributed by atoms with Crippen LogP contribution in [-0.2, 0) is 0 Å². The second-order valence-electron chi connectivity index (χ2n) is 2.27. The van der Waals surface area contributed by atoms with Crippen molar-refractivity contribution < 1.29 is 0 Å². The van der Waals surface area contributed by atoms with Crippen LogP contribution in [0.15, 0.2) is 5.11 Å². The van der Waals surface area contributed by atoms with Crippen LogP contribution in [0.5, 0.6) is 0 Å². The van der Waals surface area contributed by atoms with Crippen LogP contribution in [0.3, 0.4) is 0 Å². The summed E-state index contributed by atoms with van der Waals surface area (Å²) < 4.78 is 0. The molecule has 0 unspecified atom stereocenters. The first-order chi connectivity index (χ1) is 7.15. The molecule has 1 aromatic heterocycles. The van der Waals surface area contributed by atoms with Gasteiger partial charge < -0.3 is 15.8 Å². The SMILES string of the molecule is N#C[c+]1c(N=[N+]=[N-])nc(=[N-])[c+](C#N)c1=[N-]. The topological polar surface area (TPSA) is 154 Å². The third-order valence-corrected chi connectivity index (χ3v) is 1.50. The third-order valence-electron chi connectivity index (χ3n) is 1.50. The molecule has 68 valence electrons. The average molecular weight is 196 g/mol. The van der Waals surface area contributed by atoms with Gasteiger partial charge >= 0.3 is 12.1 Å². The fourth-order valence-corrected chi connectivity index (χ4v) is 0.870. The van der Waals surface area contributed by atoms with Crippen molar-refractivity contribution in [3.8, 4) is 12.1 Å². The molecular formula is C7N8. The summed E-state index contributed by atoms with van der Waals surface area (Å²) in [6, 6.07) is 2.97. The molecule has 0 aliphatic heterocycles. The summed E-state index contributed by atoms with van der Waals surface area (Å²) in [5.74, 6) is -0.478. The number of aromatic nitrogens is 1. The van der Waals surface area contributed by atoms with Gasteiger partial charge in [-0.05, 0) is 10.6 Å². The molecule has 0 amide bonds. The molecule has 0 aliphatic rings. The average Bonchev–Trinajstić information content (AvgIpc) is 2.19. The lowest BCUT2D eigenvalue weighted by molar-refractivity contribution is 1.15. The highest BCUT2D eigenvalue weighted by atomic mass is 15.2. The quantitative estimate of drug-likeness (QED) is 0.271. The molecule has 15 heavy (non-hydrogen) atoms. The van der Waals surface area contributed by atoms with E-state index < -0.39 is 27.8 Å². The lowest BCUT2D eigenvalue weighted by atomic mass is 10.2. The zero-order valence-corrected chi connectivity index (χ0v) is 7.08. The summed E-state index contributed by atoms with van der Waals surface area (Å²) in [6.45, 7) is 0. The maximum atomic E-state index is 9.35.